The van der Waals surface area contributed by atoms with Gasteiger partial charge in [0.15, 0.2) is 0 Å². The lowest BCUT2D eigenvalue weighted by Gasteiger charge is -1.89. The third kappa shape index (κ3) is 1.45. The van der Waals surface area contributed by atoms with Crippen LogP contribution in [0.1, 0.15) is 6.92 Å². The molecule has 0 radical (unpaired) electrons. The Morgan fingerprint density at radius 1 is 1.89 bits per heavy atom. The molecule has 3 nitrogen and oxygen atoms in total. The average molecular weight is 144 g/mol. The molecule has 1 rings (SSSR count). The highest BCUT2D eigenvalue weighted by molar-refractivity contribution is 8.00. The lowest BCUT2D eigenvalue weighted by atomic mass is 10.8. The molecule has 0 saturated carbocycles. The first-order chi connectivity index (χ1) is 4.34. The number of aliphatic imine (C=N–C) groups is 2. The average Bonchev–Trinajstić information content (AvgIpc) is 2.37. The van der Waals surface area contributed by atoms with E-state index in [0.717, 1.165) is 0 Å². The molecule has 0 fully saturated rings. The standard InChI is InChI=1S/C5H8N2OS/c1-2-9(8)5-6-3-4-7-5/h3H,2,4H2,1H3. The van der Waals surface area contributed by atoms with E-state index in [1.165, 1.54) is 0 Å². The second-order valence-corrected chi connectivity index (χ2v) is 3.20. The fourth-order valence-corrected chi connectivity index (χ4v) is 1.21. The largest absolute Gasteiger partial charge is 0.253 e. The minimum absolute atomic E-state index is 0.498. The molecular formula is C5H8N2OS. The minimum Gasteiger partial charge on any atom is -0.253 e. The first-order valence-corrected chi connectivity index (χ1v) is 4.12. The van der Waals surface area contributed by atoms with Crippen molar-refractivity contribution in [2.45, 2.75) is 6.92 Å². The predicted molar refractivity (Wildman–Crippen MR) is 39.5 cm³/mol. The first-order valence-electron chi connectivity index (χ1n) is 2.80. The van der Waals surface area contributed by atoms with Crippen LogP contribution < -0.4 is 0 Å². The van der Waals surface area contributed by atoms with Gasteiger partial charge in [0.2, 0.25) is 5.17 Å². The molecular weight excluding hydrogens is 136 g/mol. The van der Waals surface area contributed by atoms with Gasteiger partial charge in [-0.1, -0.05) is 6.92 Å². The van der Waals surface area contributed by atoms with Gasteiger partial charge < -0.3 is 0 Å². The maximum absolute atomic E-state index is 10.9. The van der Waals surface area contributed by atoms with E-state index in [0.29, 0.717) is 17.5 Å². The van der Waals surface area contributed by atoms with Crippen LogP contribution in [0.5, 0.6) is 0 Å². The van der Waals surface area contributed by atoms with Crippen molar-refractivity contribution in [1.29, 1.82) is 0 Å². The minimum atomic E-state index is -0.950. The van der Waals surface area contributed by atoms with Crippen molar-refractivity contribution in [3.05, 3.63) is 0 Å². The fourth-order valence-electron chi connectivity index (χ4n) is 0.539. The molecule has 1 aliphatic heterocycles. The summed E-state index contributed by atoms with van der Waals surface area (Å²) in [6.07, 6.45) is 1.67. The van der Waals surface area contributed by atoms with Crippen molar-refractivity contribution in [3.63, 3.8) is 0 Å². The number of hydrogen-bond donors (Lipinski definition) is 0. The molecule has 1 atom stereocenters. The van der Waals surface area contributed by atoms with Crippen LogP contribution in [-0.2, 0) is 10.8 Å². The van der Waals surface area contributed by atoms with Gasteiger partial charge in [0.25, 0.3) is 0 Å². The van der Waals surface area contributed by atoms with Crippen molar-refractivity contribution in [2.75, 3.05) is 12.3 Å². The number of amidine groups is 1. The van der Waals surface area contributed by atoms with Crippen molar-refractivity contribution < 1.29 is 4.21 Å². The lowest BCUT2D eigenvalue weighted by Crippen LogP contribution is -2.03. The Kier molecular flexibility index (Phi) is 2.10. The molecule has 1 unspecified atom stereocenters. The highest BCUT2D eigenvalue weighted by Gasteiger charge is 2.06. The van der Waals surface area contributed by atoms with Gasteiger partial charge in [0.05, 0.1) is 17.3 Å². The molecule has 0 aromatic rings. The Bertz CT molecular complexity index is 185. The van der Waals surface area contributed by atoms with Gasteiger partial charge in [-0.2, -0.15) is 0 Å². The highest BCUT2D eigenvalue weighted by atomic mass is 32.2. The molecule has 0 N–H and O–H groups in total. The Hall–Kier alpha value is -0.510. The van der Waals surface area contributed by atoms with Crippen LogP contribution in [0, 0.1) is 0 Å². The van der Waals surface area contributed by atoms with E-state index in [2.05, 4.69) is 9.98 Å². The van der Waals surface area contributed by atoms with E-state index in [-0.39, 0.29) is 0 Å². The summed E-state index contributed by atoms with van der Waals surface area (Å²) < 4.78 is 10.9. The number of rotatable bonds is 1. The summed E-state index contributed by atoms with van der Waals surface area (Å²) in [5, 5.41) is 0.498. The second-order valence-electron chi connectivity index (χ2n) is 1.57. The molecule has 0 aromatic heterocycles. The summed E-state index contributed by atoms with van der Waals surface area (Å²) in [5.74, 6) is 0.607. The van der Waals surface area contributed by atoms with Crippen LogP contribution in [0.2, 0.25) is 0 Å². The first kappa shape index (κ1) is 6.61. The van der Waals surface area contributed by atoms with E-state index < -0.39 is 10.8 Å². The normalized spacial score (nSPS) is 19.9. The van der Waals surface area contributed by atoms with Crippen molar-refractivity contribution >= 4 is 22.2 Å². The van der Waals surface area contributed by atoms with Crippen LogP contribution in [0.15, 0.2) is 9.98 Å². The molecule has 9 heavy (non-hydrogen) atoms. The second kappa shape index (κ2) is 2.87. The summed E-state index contributed by atoms with van der Waals surface area (Å²) in [6, 6.07) is 0. The predicted octanol–water partition coefficient (Wildman–Crippen LogP) is 0.195. The molecule has 0 saturated heterocycles. The van der Waals surface area contributed by atoms with Gasteiger partial charge in [-0.05, 0) is 0 Å². The van der Waals surface area contributed by atoms with Crippen LogP contribution in [0.3, 0.4) is 0 Å². The van der Waals surface area contributed by atoms with Gasteiger partial charge >= 0.3 is 0 Å². The van der Waals surface area contributed by atoms with Crippen LogP contribution in [0.4, 0.5) is 0 Å². The zero-order chi connectivity index (χ0) is 6.69. The smallest absolute Gasteiger partial charge is 0.213 e. The van der Waals surface area contributed by atoms with Crippen LogP contribution >= 0.6 is 0 Å². The molecule has 0 amide bonds. The Morgan fingerprint density at radius 3 is 3.11 bits per heavy atom. The Balaban J connectivity index is 2.62. The molecule has 1 aliphatic rings. The number of nitrogens with zero attached hydrogens (tertiary/aromatic N) is 2. The van der Waals surface area contributed by atoms with E-state index in [1.54, 1.807) is 6.21 Å². The SMILES string of the molecule is CCS(=O)C1=NCC=N1. The summed E-state index contributed by atoms with van der Waals surface area (Å²) in [6.45, 7) is 2.45. The van der Waals surface area contributed by atoms with E-state index in [4.69, 9.17) is 0 Å². The van der Waals surface area contributed by atoms with E-state index >= 15 is 0 Å². The topological polar surface area (TPSA) is 41.8 Å². The number of hydrogen-bond acceptors (Lipinski definition) is 3. The lowest BCUT2D eigenvalue weighted by molar-refractivity contribution is 0.690. The van der Waals surface area contributed by atoms with Crippen LogP contribution in [0.25, 0.3) is 0 Å². The third-order valence-electron chi connectivity index (χ3n) is 0.976. The van der Waals surface area contributed by atoms with Gasteiger partial charge in [-0.3, -0.25) is 9.20 Å². The molecule has 4 heteroatoms. The maximum atomic E-state index is 10.9. The molecule has 50 valence electrons. The molecule has 1 heterocycles. The molecule has 0 bridgehead atoms. The summed E-state index contributed by atoms with van der Waals surface area (Å²) in [4.78, 5) is 7.73. The molecule has 0 aliphatic carbocycles. The summed E-state index contributed by atoms with van der Waals surface area (Å²) in [7, 11) is -0.950. The van der Waals surface area contributed by atoms with Crippen LogP contribution in [-0.4, -0.2) is 27.9 Å². The van der Waals surface area contributed by atoms with Crippen molar-refractivity contribution in [1.82, 2.24) is 0 Å². The van der Waals surface area contributed by atoms with Gasteiger partial charge in [0.1, 0.15) is 0 Å². The molecule has 0 spiro atoms. The molecule has 0 aromatic carbocycles. The third-order valence-corrected chi connectivity index (χ3v) is 2.14. The van der Waals surface area contributed by atoms with E-state index in [1.807, 2.05) is 6.92 Å². The van der Waals surface area contributed by atoms with Gasteiger partial charge in [0, 0.05) is 12.0 Å². The maximum Gasteiger partial charge on any atom is 0.213 e. The van der Waals surface area contributed by atoms with Gasteiger partial charge in [-0.25, -0.2) is 4.99 Å². The quantitative estimate of drug-likeness (QED) is 0.518. The van der Waals surface area contributed by atoms with Crippen molar-refractivity contribution in [3.8, 4) is 0 Å². The zero-order valence-electron chi connectivity index (χ0n) is 5.20. The van der Waals surface area contributed by atoms with Crippen molar-refractivity contribution in [2.24, 2.45) is 9.98 Å². The van der Waals surface area contributed by atoms with E-state index in [9.17, 15) is 4.21 Å². The van der Waals surface area contributed by atoms with Gasteiger partial charge in [-0.15, -0.1) is 0 Å². The summed E-state index contributed by atoms with van der Waals surface area (Å²) in [5.41, 5.74) is 0. The summed E-state index contributed by atoms with van der Waals surface area (Å²) >= 11 is 0. The fraction of sp³-hybridized carbons (Fsp3) is 0.600. The monoisotopic (exact) mass is 144 g/mol. The Morgan fingerprint density at radius 2 is 2.67 bits per heavy atom. The Labute approximate surface area is 56.4 Å². The zero-order valence-corrected chi connectivity index (χ0v) is 6.02. The highest BCUT2D eigenvalue weighted by Crippen LogP contribution is 1.94.